The van der Waals surface area contributed by atoms with E-state index in [0.717, 1.165) is 70.6 Å². The van der Waals surface area contributed by atoms with E-state index in [1.165, 1.54) is 186 Å². The molecule has 0 saturated carbocycles. The number of carbonyl (C=O) groups is 1. The zero-order valence-electron chi connectivity index (χ0n) is 58.4. The standard InChI is InChI=1S/C75H137NO18/c1-3-5-7-9-11-13-14-15-16-17-18-19-20-21-22-23-24-25-26-27-28-29-30-31-32-33-34-35-36-37-38-39-40-41-42-43-44-45-47-49-51-53-63(81)76-58(59(80)52-50-48-46-12-10-8-6-4-2)57-89-73-69(87)66(84)71(61(55-78)91-73)94-75-70(88)67(85)72(62(56-79)92-75)93-74-68(86)65(83)64(82)60(54-77)90-74/h5,7,11,13,15-16,18-19,58-62,64-75,77-80,82-88H,3-4,6,8-10,12,14,17,20-57H2,1-2H3,(H,76,81)/b7-5-,13-11-,16-15-,19-18-. The number of hydrogen-bond acceptors (Lipinski definition) is 18. The summed E-state index contributed by atoms with van der Waals surface area (Å²) in [6.45, 7) is 1.65. The van der Waals surface area contributed by atoms with E-state index in [1.807, 2.05) is 0 Å². The minimum atomic E-state index is -1.97. The molecule has 3 saturated heterocycles. The molecule has 0 aromatic heterocycles. The topological polar surface area (TPSA) is 307 Å². The van der Waals surface area contributed by atoms with Crippen molar-refractivity contribution in [2.24, 2.45) is 0 Å². The highest BCUT2D eigenvalue weighted by molar-refractivity contribution is 5.76. The molecule has 3 fully saturated rings. The van der Waals surface area contributed by atoms with Crippen molar-refractivity contribution < 1.29 is 89.4 Å². The van der Waals surface area contributed by atoms with Gasteiger partial charge in [0, 0.05) is 6.42 Å². The van der Waals surface area contributed by atoms with Gasteiger partial charge in [-0.1, -0.05) is 281 Å². The summed E-state index contributed by atoms with van der Waals surface area (Å²) in [5.41, 5.74) is 0. The van der Waals surface area contributed by atoms with Gasteiger partial charge in [-0.2, -0.15) is 0 Å². The van der Waals surface area contributed by atoms with Gasteiger partial charge in [0.15, 0.2) is 18.9 Å². The molecule has 3 rings (SSSR count). The highest BCUT2D eigenvalue weighted by Crippen LogP contribution is 2.33. The van der Waals surface area contributed by atoms with Gasteiger partial charge < -0.3 is 89.9 Å². The fourth-order valence-corrected chi connectivity index (χ4v) is 12.8. The van der Waals surface area contributed by atoms with Crippen LogP contribution in [0.1, 0.15) is 290 Å². The first-order chi connectivity index (χ1) is 45.8. The zero-order valence-corrected chi connectivity index (χ0v) is 58.4. The Hall–Kier alpha value is -2.25. The van der Waals surface area contributed by atoms with Gasteiger partial charge in [-0.15, -0.1) is 0 Å². The van der Waals surface area contributed by atoms with Gasteiger partial charge in [0.2, 0.25) is 5.91 Å². The first-order valence-electron chi connectivity index (χ1n) is 37.9. The number of unbranched alkanes of at least 4 members (excludes halogenated alkanes) is 35. The van der Waals surface area contributed by atoms with E-state index in [2.05, 4.69) is 67.8 Å². The molecule has 0 aromatic rings. The summed E-state index contributed by atoms with van der Waals surface area (Å²) in [5, 5.41) is 120. The molecular formula is C75H137NO18. The minimum absolute atomic E-state index is 0.241. The average molecular weight is 1340 g/mol. The Kier molecular flexibility index (Phi) is 51.7. The molecule has 3 aliphatic heterocycles. The number of rotatable bonds is 59. The van der Waals surface area contributed by atoms with Crippen LogP contribution in [0, 0.1) is 0 Å². The molecular weight excluding hydrogens is 1200 g/mol. The van der Waals surface area contributed by atoms with E-state index in [9.17, 15) is 61.0 Å². The Morgan fingerprint density at radius 3 is 1.15 bits per heavy atom. The summed E-state index contributed by atoms with van der Waals surface area (Å²) >= 11 is 0. The van der Waals surface area contributed by atoms with E-state index in [1.54, 1.807) is 0 Å². The predicted molar refractivity (Wildman–Crippen MR) is 369 cm³/mol. The molecule has 0 spiro atoms. The molecule has 17 atom stereocenters. The van der Waals surface area contributed by atoms with Crippen molar-refractivity contribution in [2.75, 3.05) is 26.4 Å². The number of allylic oxidation sites excluding steroid dienone is 8. The van der Waals surface area contributed by atoms with E-state index in [-0.39, 0.29) is 18.9 Å². The van der Waals surface area contributed by atoms with E-state index >= 15 is 0 Å². The Bertz CT molecular complexity index is 1890. The third-order valence-electron chi connectivity index (χ3n) is 18.9. The summed E-state index contributed by atoms with van der Waals surface area (Å²) in [5.74, 6) is -0.241. The van der Waals surface area contributed by atoms with Crippen molar-refractivity contribution in [3.63, 3.8) is 0 Å². The van der Waals surface area contributed by atoms with Crippen molar-refractivity contribution in [2.45, 2.75) is 394 Å². The van der Waals surface area contributed by atoms with E-state index < -0.39 is 124 Å². The van der Waals surface area contributed by atoms with Gasteiger partial charge >= 0.3 is 0 Å². The van der Waals surface area contributed by atoms with Crippen LogP contribution in [-0.2, 0) is 33.2 Å². The lowest BCUT2D eigenvalue weighted by Crippen LogP contribution is -2.66. The number of hydrogen-bond donors (Lipinski definition) is 12. The number of ether oxygens (including phenoxy) is 6. The number of aliphatic hydroxyl groups is 11. The molecule has 3 heterocycles. The van der Waals surface area contributed by atoms with Crippen molar-refractivity contribution in [3.8, 4) is 0 Å². The zero-order chi connectivity index (χ0) is 68.2. The lowest BCUT2D eigenvalue weighted by molar-refractivity contribution is -0.379. The molecule has 17 unspecified atom stereocenters. The molecule has 19 nitrogen and oxygen atoms in total. The number of amides is 1. The van der Waals surface area contributed by atoms with Crippen LogP contribution in [0.2, 0.25) is 0 Å². The summed E-state index contributed by atoms with van der Waals surface area (Å²) in [6, 6.07) is -0.882. The molecule has 19 heteroatoms. The van der Waals surface area contributed by atoms with Gasteiger partial charge in [-0.25, -0.2) is 0 Å². The molecule has 94 heavy (non-hydrogen) atoms. The van der Waals surface area contributed by atoms with Crippen LogP contribution < -0.4 is 5.32 Å². The van der Waals surface area contributed by atoms with Crippen LogP contribution in [-0.4, -0.2) is 193 Å². The van der Waals surface area contributed by atoms with E-state index in [4.69, 9.17) is 28.4 Å². The normalized spacial score (nSPS) is 27.6. The third kappa shape index (κ3) is 37.3. The van der Waals surface area contributed by atoms with Crippen molar-refractivity contribution in [3.05, 3.63) is 48.6 Å². The molecule has 0 bridgehead atoms. The molecule has 3 aliphatic rings. The number of carbonyl (C=O) groups excluding carboxylic acids is 1. The van der Waals surface area contributed by atoms with Gasteiger partial charge in [0.05, 0.1) is 38.6 Å². The Morgan fingerprint density at radius 2 is 0.734 bits per heavy atom. The Morgan fingerprint density at radius 1 is 0.394 bits per heavy atom. The van der Waals surface area contributed by atoms with Crippen LogP contribution >= 0.6 is 0 Å². The highest BCUT2D eigenvalue weighted by atomic mass is 16.8. The van der Waals surface area contributed by atoms with Gasteiger partial charge in [0.1, 0.15) is 73.2 Å². The van der Waals surface area contributed by atoms with Crippen LogP contribution in [0.3, 0.4) is 0 Å². The maximum atomic E-state index is 13.4. The van der Waals surface area contributed by atoms with Crippen LogP contribution in [0.4, 0.5) is 0 Å². The molecule has 550 valence electrons. The minimum Gasteiger partial charge on any atom is -0.394 e. The molecule has 12 N–H and O–H groups in total. The number of aliphatic hydroxyl groups excluding tert-OH is 11. The molecule has 0 radical (unpaired) electrons. The van der Waals surface area contributed by atoms with Crippen molar-refractivity contribution >= 4 is 5.91 Å². The van der Waals surface area contributed by atoms with Crippen LogP contribution in [0.15, 0.2) is 48.6 Å². The SMILES string of the molecule is CC/C=C\C/C=C\C/C=C\C/C=C\CCCCCCCCCCCCCCCCCCCCCCCCCCCCCCC(=O)NC(COC1OC(CO)C(OC2OC(CO)C(OC3OC(CO)C(O)C(O)C3O)C(O)C2O)C(O)C1O)C(O)CCCCCCCCCC. The average Bonchev–Trinajstić information content (AvgIpc) is 0.834. The molecule has 1 amide bonds. The fraction of sp³-hybridized carbons (Fsp3) is 0.880. The van der Waals surface area contributed by atoms with Gasteiger partial charge in [-0.3, -0.25) is 4.79 Å². The summed E-state index contributed by atoms with van der Waals surface area (Å²) in [6.07, 6.45) is 42.8. The first kappa shape index (κ1) is 86.0. The second-order valence-electron chi connectivity index (χ2n) is 27.1. The molecule has 0 aliphatic carbocycles. The quantitative estimate of drug-likeness (QED) is 0.0199. The van der Waals surface area contributed by atoms with Crippen LogP contribution in [0.25, 0.3) is 0 Å². The highest BCUT2D eigenvalue weighted by Gasteiger charge is 2.53. The fourth-order valence-electron chi connectivity index (χ4n) is 12.8. The lowest BCUT2D eigenvalue weighted by atomic mass is 9.96. The Labute approximate surface area is 567 Å². The van der Waals surface area contributed by atoms with Crippen molar-refractivity contribution in [1.29, 1.82) is 0 Å². The monoisotopic (exact) mass is 1340 g/mol. The smallest absolute Gasteiger partial charge is 0.220 e. The predicted octanol–water partition coefficient (Wildman–Crippen LogP) is 11.3. The van der Waals surface area contributed by atoms with Crippen molar-refractivity contribution in [1.82, 2.24) is 5.32 Å². The summed E-state index contributed by atoms with van der Waals surface area (Å²) in [4.78, 5) is 13.4. The summed E-state index contributed by atoms with van der Waals surface area (Å²) < 4.78 is 34.3. The molecule has 0 aromatic carbocycles. The van der Waals surface area contributed by atoms with E-state index in [0.29, 0.717) is 12.8 Å². The van der Waals surface area contributed by atoms with Gasteiger partial charge in [-0.05, 0) is 51.4 Å². The Balaban J connectivity index is 1.22. The third-order valence-corrected chi connectivity index (χ3v) is 18.9. The lowest BCUT2D eigenvalue weighted by Gasteiger charge is -2.48. The second-order valence-corrected chi connectivity index (χ2v) is 27.1. The van der Waals surface area contributed by atoms with Crippen LogP contribution in [0.5, 0.6) is 0 Å². The second kappa shape index (κ2) is 56.5. The number of nitrogens with one attached hydrogen (secondary N) is 1. The maximum Gasteiger partial charge on any atom is 0.220 e. The summed E-state index contributed by atoms with van der Waals surface area (Å²) in [7, 11) is 0. The maximum absolute atomic E-state index is 13.4. The largest absolute Gasteiger partial charge is 0.394 e. The first-order valence-corrected chi connectivity index (χ1v) is 37.9. The van der Waals surface area contributed by atoms with Gasteiger partial charge in [0.25, 0.3) is 0 Å².